The molecule has 0 bridgehead atoms. The number of unbranched alkanes of at least 4 members (excludes halogenated alkanes) is 2. The first-order valence-electron chi connectivity index (χ1n) is 10.8. The fourth-order valence-electron chi connectivity index (χ4n) is 2.33. The van der Waals surface area contributed by atoms with Crippen LogP contribution in [0.5, 0.6) is 0 Å². The van der Waals surface area contributed by atoms with E-state index in [0.29, 0.717) is 19.3 Å². The molecule has 0 spiro atoms. The zero-order valence-corrected chi connectivity index (χ0v) is 18.2. The zero-order valence-electron chi connectivity index (χ0n) is 18.2. The number of allylic oxidation sites excluding steroid dienone is 10. The van der Waals surface area contributed by atoms with Crippen molar-refractivity contribution in [1.29, 1.82) is 0 Å². The standard InChI is InChI=1S/C24H37NO5/c1-2-3-4-5-6-7-8-9-10-11-12-13-14-15-16-17-18-21-24(26)29-22-19-20-23-30-25(27)28/h3-4,6-7,9-10,12-13,15-16H,2,5,8,11,14,17-23H2,1H3/b4-3-,7-6-,10-9-,13-12-,16-15-. The van der Waals surface area contributed by atoms with E-state index in [-0.39, 0.29) is 19.2 Å². The van der Waals surface area contributed by atoms with Crippen LogP contribution < -0.4 is 0 Å². The van der Waals surface area contributed by atoms with Crippen molar-refractivity contribution in [3.63, 3.8) is 0 Å². The summed E-state index contributed by atoms with van der Waals surface area (Å²) in [5.41, 5.74) is 0. The van der Waals surface area contributed by atoms with Crippen molar-refractivity contribution in [2.24, 2.45) is 0 Å². The largest absolute Gasteiger partial charge is 0.466 e. The van der Waals surface area contributed by atoms with Crippen LogP contribution in [-0.4, -0.2) is 24.3 Å². The first-order valence-corrected chi connectivity index (χ1v) is 10.8. The predicted molar refractivity (Wildman–Crippen MR) is 121 cm³/mol. The smallest absolute Gasteiger partial charge is 0.305 e. The molecule has 30 heavy (non-hydrogen) atoms. The molecule has 168 valence electrons. The lowest BCUT2D eigenvalue weighted by Gasteiger charge is -2.03. The third-order valence-corrected chi connectivity index (χ3v) is 3.91. The third-order valence-electron chi connectivity index (χ3n) is 3.91. The highest BCUT2D eigenvalue weighted by atomic mass is 16.9. The molecule has 0 N–H and O–H groups in total. The van der Waals surface area contributed by atoms with Crippen molar-refractivity contribution in [3.05, 3.63) is 70.9 Å². The molecule has 0 aliphatic rings. The Hall–Kier alpha value is -2.63. The summed E-state index contributed by atoms with van der Waals surface area (Å²) in [6.07, 6.45) is 29.6. The fourth-order valence-corrected chi connectivity index (χ4v) is 2.33. The van der Waals surface area contributed by atoms with Gasteiger partial charge in [-0.3, -0.25) is 4.79 Å². The molecule has 0 fully saturated rings. The Morgan fingerprint density at radius 2 is 1.27 bits per heavy atom. The zero-order chi connectivity index (χ0) is 22.1. The molecule has 0 radical (unpaired) electrons. The Morgan fingerprint density at radius 3 is 1.80 bits per heavy atom. The predicted octanol–water partition coefficient (Wildman–Crippen LogP) is 6.44. The van der Waals surface area contributed by atoms with Gasteiger partial charge in [0.05, 0.1) is 13.2 Å². The monoisotopic (exact) mass is 419 g/mol. The Balaban J connectivity index is 3.49. The number of esters is 1. The Kier molecular flexibility index (Phi) is 20.7. The summed E-state index contributed by atoms with van der Waals surface area (Å²) in [7, 11) is 0. The highest BCUT2D eigenvalue weighted by Crippen LogP contribution is 2.02. The second-order valence-corrected chi connectivity index (χ2v) is 6.58. The second kappa shape index (κ2) is 22.7. The lowest BCUT2D eigenvalue weighted by atomic mass is 10.2. The van der Waals surface area contributed by atoms with Crippen LogP contribution in [0, 0.1) is 10.1 Å². The topological polar surface area (TPSA) is 78.7 Å². The molecule has 0 aromatic carbocycles. The lowest BCUT2D eigenvalue weighted by Crippen LogP contribution is -2.07. The molecule has 0 aromatic heterocycles. The Morgan fingerprint density at radius 1 is 0.767 bits per heavy atom. The van der Waals surface area contributed by atoms with Gasteiger partial charge in [-0.15, -0.1) is 10.1 Å². The SMILES string of the molecule is CC/C=C\C/C=C\C/C=C\C/C=C\C/C=C\CCCC(=O)OCCCCO[N+](=O)[O-]. The van der Waals surface area contributed by atoms with Gasteiger partial charge in [0.15, 0.2) is 0 Å². The summed E-state index contributed by atoms with van der Waals surface area (Å²) in [4.78, 5) is 25.7. The molecule has 0 unspecified atom stereocenters. The summed E-state index contributed by atoms with van der Waals surface area (Å²) in [5.74, 6) is -0.224. The molecule has 0 saturated carbocycles. The fraction of sp³-hybridized carbons (Fsp3) is 0.542. The molecule has 0 aromatic rings. The van der Waals surface area contributed by atoms with E-state index in [0.717, 1.165) is 44.9 Å². The number of carbonyl (C=O) groups excluding carboxylic acids is 1. The van der Waals surface area contributed by atoms with Crippen LogP contribution in [-0.2, 0) is 14.4 Å². The first kappa shape index (κ1) is 27.4. The average molecular weight is 420 g/mol. The van der Waals surface area contributed by atoms with E-state index in [2.05, 4.69) is 72.5 Å². The molecule has 6 heteroatoms. The van der Waals surface area contributed by atoms with Gasteiger partial charge in [0.1, 0.15) is 0 Å². The Bertz CT molecular complexity index is 576. The highest BCUT2D eigenvalue weighted by Gasteiger charge is 2.01. The van der Waals surface area contributed by atoms with E-state index in [1.165, 1.54) is 0 Å². The van der Waals surface area contributed by atoms with E-state index in [1.807, 2.05) is 0 Å². The molecular weight excluding hydrogens is 382 g/mol. The molecular formula is C24H37NO5. The maximum atomic E-state index is 11.5. The number of nitrogens with zero attached hydrogens (tertiary/aromatic N) is 1. The quantitative estimate of drug-likeness (QED) is 0.0791. The molecule has 0 saturated heterocycles. The molecule has 0 heterocycles. The molecule has 0 amide bonds. The van der Waals surface area contributed by atoms with Crippen LogP contribution in [0.4, 0.5) is 0 Å². The molecule has 0 aliphatic carbocycles. The van der Waals surface area contributed by atoms with Crippen LogP contribution in [0.1, 0.15) is 71.1 Å². The maximum absolute atomic E-state index is 11.5. The first-order chi connectivity index (χ1) is 14.7. The van der Waals surface area contributed by atoms with Gasteiger partial charge >= 0.3 is 5.97 Å². The molecule has 0 atom stereocenters. The Labute approximate surface area is 181 Å². The number of hydrogen-bond acceptors (Lipinski definition) is 5. The normalized spacial score (nSPS) is 12.2. The van der Waals surface area contributed by atoms with E-state index in [4.69, 9.17) is 4.74 Å². The maximum Gasteiger partial charge on any atom is 0.305 e. The molecule has 6 nitrogen and oxygen atoms in total. The summed E-state index contributed by atoms with van der Waals surface area (Å²) in [6.45, 7) is 2.45. The minimum Gasteiger partial charge on any atom is -0.466 e. The van der Waals surface area contributed by atoms with Gasteiger partial charge in [-0.1, -0.05) is 67.7 Å². The van der Waals surface area contributed by atoms with Crippen LogP contribution in [0.15, 0.2) is 60.8 Å². The molecule has 0 rings (SSSR count). The molecule has 0 aliphatic heterocycles. The van der Waals surface area contributed by atoms with E-state index in [1.54, 1.807) is 0 Å². The summed E-state index contributed by atoms with van der Waals surface area (Å²) < 4.78 is 5.06. The number of hydrogen-bond donors (Lipinski definition) is 0. The summed E-state index contributed by atoms with van der Waals surface area (Å²) in [6, 6.07) is 0. The van der Waals surface area contributed by atoms with Gasteiger partial charge in [-0.05, 0) is 57.8 Å². The highest BCUT2D eigenvalue weighted by molar-refractivity contribution is 5.69. The number of ether oxygens (including phenoxy) is 1. The van der Waals surface area contributed by atoms with Crippen molar-refractivity contribution < 1.29 is 19.5 Å². The van der Waals surface area contributed by atoms with E-state index in [9.17, 15) is 14.9 Å². The minimum atomic E-state index is -0.819. The van der Waals surface area contributed by atoms with Gasteiger partial charge in [-0.2, -0.15) is 0 Å². The van der Waals surface area contributed by atoms with E-state index < -0.39 is 5.09 Å². The van der Waals surface area contributed by atoms with Gasteiger partial charge < -0.3 is 9.57 Å². The van der Waals surface area contributed by atoms with Gasteiger partial charge in [-0.25, -0.2) is 0 Å². The van der Waals surface area contributed by atoms with Crippen LogP contribution >= 0.6 is 0 Å². The van der Waals surface area contributed by atoms with Crippen LogP contribution in [0.25, 0.3) is 0 Å². The van der Waals surface area contributed by atoms with Gasteiger partial charge in [0, 0.05) is 6.42 Å². The van der Waals surface area contributed by atoms with Crippen LogP contribution in [0.3, 0.4) is 0 Å². The number of rotatable bonds is 19. The lowest BCUT2D eigenvalue weighted by molar-refractivity contribution is -0.757. The minimum absolute atomic E-state index is 0.0363. The summed E-state index contributed by atoms with van der Waals surface area (Å²) in [5, 5.41) is 9.14. The van der Waals surface area contributed by atoms with Crippen molar-refractivity contribution in [2.75, 3.05) is 13.2 Å². The van der Waals surface area contributed by atoms with Crippen molar-refractivity contribution in [3.8, 4) is 0 Å². The number of carbonyl (C=O) groups is 1. The van der Waals surface area contributed by atoms with Gasteiger partial charge in [0.25, 0.3) is 5.09 Å². The average Bonchev–Trinajstić information content (AvgIpc) is 2.72. The third kappa shape index (κ3) is 23.4. The summed E-state index contributed by atoms with van der Waals surface area (Å²) >= 11 is 0. The van der Waals surface area contributed by atoms with Gasteiger partial charge in [0.2, 0.25) is 0 Å². The second-order valence-electron chi connectivity index (χ2n) is 6.58. The van der Waals surface area contributed by atoms with Crippen molar-refractivity contribution in [1.82, 2.24) is 0 Å². The van der Waals surface area contributed by atoms with Crippen LogP contribution in [0.2, 0.25) is 0 Å². The van der Waals surface area contributed by atoms with E-state index >= 15 is 0 Å². The van der Waals surface area contributed by atoms with Crippen molar-refractivity contribution >= 4 is 5.97 Å². The van der Waals surface area contributed by atoms with Crippen molar-refractivity contribution in [2.45, 2.75) is 71.1 Å².